The first-order valence-corrected chi connectivity index (χ1v) is 6.76. The third-order valence-electron chi connectivity index (χ3n) is 4.01. The Morgan fingerprint density at radius 3 is 2.56 bits per heavy atom. The van der Waals surface area contributed by atoms with Crippen LogP contribution >= 0.6 is 0 Å². The second-order valence-electron chi connectivity index (χ2n) is 5.80. The minimum Gasteiger partial charge on any atom is -0.481 e. The molecule has 18 heavy (non-hydrogen) atoms. The van der Waals surface area contributed by atoms with Gasteiger partial charge in [-0.2, -0.15) is 0 Å². The molecule has 0 aliphatic carbocycles. The largest absolute Gasteiger partial charge is 0.481 e. The Balaban J connectivity index is 1.84. The molecule has 1 unspecified atom stereocenters. The maximum atomic E-state index is 12.3. The van der Waals surface area contributed by atoms with Crippen molar-refractivity contribution in [2.45, 2.75) is 39.2 Å². The van der Waals surface area contributed by atoms with E-state index in [-0.39, 0.29) is 18.4 Å². The van der Waals surface area contributed by atoms with Gasteiger partial charge in [0.15, 0.2) is 0 Å². The number of nitrogens with zero attached hydrogens (tertiary/aromatic N) is 2. The van der Waals surface area contributed by atoms with Crippen molar-refractivity contribution < 1.29 is 14.7 Å². The van der Waals surface area contributed by atoms with Crippen molar-refractivity contribution in [3.8, 4) is 0 Å². The minimum absolute atomic E-state index is 0.104. The number of hydrogen-bond acceptors (Lipinski definition) is 2. The Morgan fingerprint density at radius 2 is 2.00 bits per heavy atom. The molecular formula is C13H22N2O3. The summed E-state index contributed by atoms with van der Waals surface area (Å²) in [6, 6.07) is 0.462. The zero-order valence-electron chi connectivity index (χ0n) is 11.1. The fraction of sp³-hybridized carbons (Fsp3) is 0.846. The number of carboxylic acid groups (broad SMARTS) is 1. The number of urea groups is 1. The smallest absolute Gasteiger partial charge is 0.320 e. The maximum Gasteiger partial charge on any atom is 0.320 e. The van der Waals surface area contributed by atoms with E-state index >= 15 is 0 Å². The van der Waals surface area contributed by atoms with Crippen molar-refractivity contribution >= 4 is 12.0 Å². The number of carbonyl (C=O) groups excluding carboxylic acids is 1. The summed E-state index contributed by atoms with van der Waals surface area (Å²) in [6.45, 7) is 6.36. The van der Waals surface area contributed by atoms with Crippen molar-refractivity contribution in [3.05, 3.63) is 0 Å². The van der Waals surface area contributed by atoms with Crippen LogP contribution < -0.4 is 0 Å². The number of carboxylic acids is 1. The van der Waals surface area contributed by atoms with Crippen LogP contribution in [0.3, 0.4) is 0 Å². The lowest BCUT2D eigenvalue weighted by Crippen LogP contribution is -2.56. The molecule has 0 aromatic rings. The van der Waals surface area contributed by atoms with Crippen LogP contribution in [0, 0.1) is 11.8 Å². The molecule has 2 heterocycles. The lowest BCUT2D eigenvalue weighted by atomic mass is 9.96. The first-order chi connectivity index (χ1) is 8.49. The molecule has 0 aromatic heterocycles. The van der Waals surface area contributed by atoms with Gasteiger partial charge in [-0.15, -0.1) is 0 Å². The van der Waals surface area contributed by atoms with Crippen molar-refractivity contribution in [1.82, 2.24) is 9.80 Å². The summed E-state index contributed by atoms with van der Waals surface area (Å²) in [6.07, 6.45) is 2.36. The summed E-state index contributed by atoms with van der Waals surface area (Å²) in [5, 5.41) is 8.69. The summed E-state index contributed by atoms with van der Waals surface area (Å²) < 4.78 is 0. The lowest BCUT2D eigenvalue weighted by Gasteiger charge is -2.42. The highest BCUT2D eigenvalue weighted by molar-refractivity contribution is 5.76. The number of hydrogen-bond donors (Lipinski definition) is 1. The van der Waals surface area contributed by atoms with Crippen LogP contribution in [0.5, 0.6) is 0 Å². The molecule has 0 saturated carbocycles. The van der Waals surface area contributed by atoms with Crippen molar-refractivity contribution in [1.29, 1.82) is 0 Å². The Morgan fingerprint density at radius 1 is 1.33 bits per heavy atom. The van der Waals surface area contributed by atoms with E-state index in [0.29, 0.717) is 25.0 Å². The van der Waals surface area contributed by atoms with Crippen molar-refractivity contribution in [2.24, 2.45) is 11.8 Å². The Hall–Kier alpha value is -1.26. The molecule has 2 saturated heterocycles. The van der Waals surface area contributed by atoms with Gasteiger partial charge in [-0.1, -0.05) is 13.8 Å². The molecule has 102 valence electrons. The molecule has 1 N–H and O–H groups in total. The first-order valence-electron chi connectivity index (χ1n) is 6.76. The average Bonchev–Trinajstić information content (AvgIpc) is 2.70. The predicted octanol–water partition coefficient (Wildman–Crippen LogP) is 1.63. The normalized spacial score (nSPS) is 24.5. The van der Waals surface area contributed by atoms with E-state index < -0.39 is 5.97 Å². The van der Waals surface area contributed by atoms with Gasteiger partial charge in [-0.3, -0.25) is 4.79 Å². The van der Waals surface area contributed by atoms with E-state index in [1.807, 2.05) is 4.90 Å². The van der Waals surface area contributed by atoms with E-state index in [2.05, 4.69) is 13.8 Å². The number of amides is 2. The summed E-state index contributed by atoms with van der Waals surface area (Å²) in [5.74, 6) is -0.132. The SMILES string of the molecule is CC(C)C1CCCN1C(=O)N1CC(CC(=O)O)C1. The van der Waals surface area contributed by atoms with Gasteiger partial charge in [0, 0.05) is 31.6 Å². The number of carbonyl (C=O) groups is 2. The highest BCUT2D eigenvalue weighted by atomic mass is 16.4. The summed E-state index contributed by atoms with van der Waals surface area (Å²) in [4.78, 5) is 26.6. The number of aliphatic carboxylic acids is 1. The first kappa shape index (κ1) is 13.2. The van der Waals surface area contributed by atoms with Crippen LogP contribution in [0.4, 0.5) is 4.79 Å². The molecule has 2 rings (SSSR count). The fourth-order valence-corrected chi connectivity index (χ4v) is 3.01. The Kier molecular flexibility index (Phi) is 3.78. The van der Waals surface area contributed by atoms with E-state index in [4.69, 9.17) is 5.11 Å². The predicted molar refractivity (Wildman–Crippen MR) is 67.3 cm³/mol. The van der Waals surface area contributed by atoms with Crippen molar-refractivity contribution in [2.75, 3.05) is 19.6 Å². The van der Waals surface area contributed by atoms with Gasteiger partial charge in [-0.25, -0.2) is 4.79 Å². The number of likely N-dealkylation sites (tertiary alicyclic amines) is 2. The molecule has 0 spiro atoms. The second-order valence-corrected chi connectivity index (χ2v) is 5.80. The Labute approximate surface area is 108 Å². The van der Waals surface area contributed by atoms with E-state index in [9.17, 15) is 9.59 Å². The zero-order chi connectivity index (χ0) is 13.3. The van der Waals surface area contributed by atoms with Crippen molar-refractivity contribution in [3.63, 3.8) is 0 Å². The highest BCUT2D eigenvalue weighted by Gasteiger charge is 2.38. The molecule has 2 aliphatic rings. The standard InChI is InChI=1S/C13H22N2O3/c1-9(2)11-4-3-5-15(11)13(18)14-7-10(8-14)6-12(16)17/h9-11H,3-8H2,1-2H3,(H,16,17). The Bertz CT molecular complexity index is 337. The van der Waals surface area contributed by atoms with Crippen LogP contribution in [0.15, 0.2) is 0 Å². The second kappa shape index (κ2) is 5.16. The maximum absolute atomic E-state index is 12.3. The average molecular weight is 254 g/mol. The molecule has 5 heteroatoms. The molecular weight excluding hydrogens is 232 g/mol. The fourth-order valence-electron chi connectivity index (χ4n) is 3.01. The van der Waals surface area contributed by atoms with Gasteiger partial charge in [-0.05, 0) is 18.8 Å². The summed E-state index contributed by atoms with van der Waals surface area (Å²) >= 11 is 0. The number of rotatable bonds is 3. The zero-order valence-corrected chi connectivity index (χ0v) is 11.1. The van der Waals surface area contributed by atoms with Crippen LogP contribution in [0.1, 0.15) is 33.1 Å². The van der Waals surface area contributed by atoms with E-state index in [0.717, 1.165) is 19.4 Å². The molecule has 0 aromatic carbocycles. The van der Waals surface area contributed by atoms with Crippen LogP contribution in [-0.4, -0.2) is 52.6 Å². The van der Waals surface area contributed by atoms with Gasteiger partial charge in [0.05, 0.1) is 6.42 Å². The molecule has 2 fully saturated rings. The van der Waals surface area contributed by atoms with Gasteiger partial charge in [0.2, 0.25) is 0 Å². The van der Waals surface area contributed by atoms with E-state index in [1.165, 1.54) is 0 Å². The minimum atomic E-state index is -0.770. The molecule has 0 radical (unpaired) electrons. The molecule has 2 amide bonds. The molecule has 5 nitrogen and oxygen atoms in total. The van der Waals surface area contributed by atoms with Crippen LogP contribution in [0.25, 0.3) is 0 Å². The quantitative estimate of drug-likeness (QED) is 0.832. The highest BCUT2D eigenvalue weighted by Crippen LogP contribution is 2.28. The third-order valence-corrected chi connectivity index (χ3v) is 4.01. The van der Waals surface area contributed by atoms with Gasteiger partial charge in [0.25, 0.3) is 0 Å². The molecule has 0 bridgehead atoms. The van der Waals surface area contributed by atoms with Crippen LogP contribution in [-0.2, 0) is 4.79 Å². The summed E-state index contributed by atoms with van der Waals surface area (Å²) in [7, 11) is 0. The van der Waals surface area contributed by atoms with Crippen LogP contribution in [0.2, 0.25) is 0 Å². The van der Waals surface area contributed by atoms with E-state index in [1.54, 1.807) is 4.90 Å². The topological polar surface area (TPSA) is 60.9 Å². The van der Waals surface area contributed by atoms with Gasteiger partial charge in [0.1, 0.15) is 0 Å². The third kappa shape index (κ3) is 2.60. The molecule has 2 aliphatic heterocycles. The van der Waals surface area contributed by atoms with Gasteiger partial charge < -0.3 is 14.9 Å². The monoisotopic (exact) mass is 254 g/mol. The lowest BCUT2D eigenvalue weighted by molar-refractivity contribution is -0.139. The summed E-state index contributed by atoms with van der Waals surface area (Å²) in [5.41, 5.74) is 0. The molecule has 1 atom stereocenters. The van der Waals surface area contributed by atoms with Gasteiger partial charge >= 0.3 is 12.0 Å².